The molecule has 0 aliphatic heterocycles. The van der Waals surface area contributed by atoms with Crippen LogP contribution in [-0.4, -0.2) is 18.6 Å². The van der Waals surface area contributed by atoms with Gasteiger partial charge in [-0.25, -0.2) is 0 Å². The van der Waals surface area contributed by atoms with E-state index < -0.39 is 0 Å². The average molecular weight is 150 g/mol. The van der Waals surface area contributed by atoms with Crippen molar-refractivity contribution in [2.75, 3.05) is 13.1 Å². The Labute approximate surface area is 69.8 Å². The molecule has 1 N–H and O–H groups in total. The minimum Gasteiger partial charge on any atom is -0.311 e. The maximum Gasteiger partial charge on any atom is 0.140 e. The van der Waals surface area contributed by atoms with Gasteiger partial charge in [0.05, 0.1) is 5.54 Å². The number of terminal acetylenes is 2. The molecule has 0 heterocycles. The molecular weight excluding hydrogens is 134 g/mol. The van der Waals surface area contributed by atoms with Gasteiger partial charge in [0, 0.05) is 0 Å². The van der Waals surface area contributed by atoms with Crippen LogP contribution in [0.15, 0.2) is 0 Å². The third-order valence-electron chi connectivity index (χ3n) is 1.69. The summed E-state index contributed by atoms with van der Waals surface area (Å²) >= 11 is 0. The van der Waals surface area contributed by atoms with Gasteiger partial charge >= 0.3 is 0 Å². The lowest BCUT2D eigenvalue weighted by Gasteiger charge is -2.28. The van der Waals surface area contributed by atoms with E-state index in [0.29, 0.717) is 13.1 Å². The van der Waals surface area contributed by atoms with Crippen LogP contribution in [0.3, 0.4) is 0 Å². The molecule has 0 saturated heterocycles. The molecule has 0 bridgehead atoms. The van der Waals surface area contributed by atoms with Gasteiger partial charge in [0.15, 0.2) is 0 Å². The standard InChI is InChI=1S/C10H15N/c1-6-8-11(9-7-2)10(3,4)5/h1-2H,8-9H2,3-5H3/p+1. The van der Waals surface area contributed by atoms with Gasteiger partial charge < -0.3 is 4.90 Å². The van der Waals surface area contributed by atoms with E-state index >= 15 is 0 Å². The third kappa shape index (κ3) is 3.71. The molecule has 1 nitrogen and oxygen atoms in total. The molecule has 11 heavy (non-hydrogen) atoms. The van der Waals surface area contributed by atoms with E-state index in [1.54, 1.807) is 0 Å². The molecule has 0 rings (SSSR count). The molecule has 0 aromatic heterocycles. The SMILES string of the molecule is C#CC[NH+](CC#C)C(C)(C)C. The van der Waals surface area contributed by atoms with Crippen molar-refractivity contribution >= 4 is 0 Å². The van der Waals surface area contributed by atoms with Crippen LogP contribution in [-0.2, 0) is 0 Å². The van der Waals surface area contributed by atoms with Crippen molar-refractivity contribution in [3.05, 3.63) is 0 Å². The minimum absolute atomic E-state index is 0.152. The molecule has 0 unspecified atom stereocenters. The lowest BCUT2D eigenvalue weighted by atomic mass is 10.1. The maximum absolute atomic E-state index is 5.22. The van der Waals surface area contributed by atoms with Crippen LogP contribution in [0, 0.1) is 24.7 Å². The Hall–Kier alpha value is -0.920. The zero-order valence-corrected chi connectivity index (χ0v) is 7.57. The van der Waals surface area contributed by atoms with Crippen LogP contribution in [0.2, 0.25) is 0 Å². The summed E-state index contributed by atoms with van der Waals surface area (Å²) in [4.78, 5) is 1.27. The first-order valence-corrected chi connectivity index (χ1v) is 3.74. The first-order chi connectivity index (χ1) is 5.02. The predicted octanol–water partition coefficient (Wildman–Crippen LogP) is -0.0638. The van der Waals surface area contributed by atoms with Crippen molar-refractivity contribution in [2.24, 2.45) is 0 Å². The molecule has 0 radical (unpaired) electrons. The Morgan fingerprint density at radius 1 is 1.09 bits per heavy atom. The second-order valence-electron chi connectivity index (χ2n) is 3.62. The van der Waals surface area contributed by atoms with E-state index in [2.05, 4.69) is 32.6 Å². The summed E-state index contributed by atoms with van der Waals surface area (Å²) < 4.78 is 0. The Kier molecular flexibility index (Phi) is 3.72. The van der Waals surface area contributed by atoms with Crippen molar-refractivity contribution in [3.63, 3.8) is 0 Å². The van der Waals surface area contributed by atoms with E-state index in [1.165, 1.54) is 4.90 Å². The van der Waals surface area contributed by atoms with E-state index in [1.807, 2.05) is 0 Å². The Balaban J connectivity index is 4.15. The molecule has 0 aromatic carbocycles. The van der Waals surface area contributed by atoms with Crippen molar-refractivity contribution in [2.45, 2.75) is 26.3 Å². The molecule has 0 aromatic rings. The average Bonchev–Trinajstić information content (AvgIpc) is 1.85. The van der Waals surface area contributed by atoms with Crippen molar-refractivity contribution in [1.29, 1.82) is 0 Å². The molecule has 0 saturated carbocycles. The predicted molar refractivity (Wildman–Crippen MR) is 48.1 cm³/mol. The number of nitrogens with one attached hydrogen (secondary N) is 1. The Morgan fingerprint density at radius 3 is 1.64 bits per heavy atom. The normalized spacial score (nSPS) is 10.7. The topological polar surface area (TPSA) is 4.44 Å². The van der Waals surface area contributed by atoms with E-state index in [9.17, 15) is 0 Å². The molecule has 0 aliphatic carbocycles. The zero-order valence-electron chi connectivity index (χ0n) is 7.57. The van der Waals surface area contributed by atoms with Gasteiger partial charge in [-0.15, -0.1) is 12.8 Å². The Bertz CT molecular complexity index is 168. The summed E-state index contributed by atoms with van der Waals surface area (Å²) in [5.41, 5.74) is 0.152. The highest BCUT2D eigenvalue weighted by Crippen LogP contribution is 1.90. The fraction of sp³-hybridized carbons (Fsp3) is 0.600. The Morgan fingerprint density at radius 2 is 1.45 bits per heavy atom. The quantitative estimate of drug-likeness (QED) is 0.526. The summed E-state index contributed by atoms with van der Waals surface area (Å²) in [5, 5.41) is 0. The van der Waals surface area contributed by atoms with Gasteiger partial charge in [0.2, 0.25) is 0 Å². The summed E-state index contributed by atoms with van der Waals surface area (Å²) in [6, 6.07) is 0. The fourth-order valence-electron chi connectivity index (χ4n) is 0.839. The summed E-state index contributed by atoms with van der Waals surface area (Å²) in [6.07, 6.45) is 10.4. The van der Waals surface area contributed by atoms with Crippen LogP contribution in [0.4, 0.5) is 0 Å². The van der Waals surface area contributed by atoms with E-state index in [-0.39, 0.29) is 5.54 Å². The highest BCUT2D eigenvalue weighted by atomic mass is 15.2. The highest BCUT2D eigenvalue weighted by Gasteiger charge is 2.22. The van der Waals surface area contributed by atoms with Crippen LogP contribution in [0.25, 0.3) is 0 Å². The first kappa shape index (κ1) is 10.1. The van der Waals surface area contributed by atoms with Gasteiger partial charge in [0.25, 0.3) is 0 Å². The highest BCUT2D eigenvalue weighted by molar-refractivity contribution is 4.87. The van der Waals surface area contributed by atoms with Crippen LogP contribution in [0.1, 0.15) is 20.8 Å². The third-order valence-corrected chi connectivity index (χ3v) is 1.69. The van der Waals surface area contributed by atoms with E-state index in [4.69, 9.17) is 12.8 Å². The fourth-order valence-corrected chi connectivity index (χ4v) is 0.839. The lowest BCUT2D eigenvalue weighted by Crippen LogP contribution is -3.18. The zero-order chi connectivity index (χ0) is 8.91. The smallest absolute Gasteiger partial charge is 0.140 e. The molecular formula is C10H16N+. The lowest BCUT2D eigenvalue weighted by molar-refractivity contribution is -0.933. The number of quaternary nitrogens is 1. The van der Waals surface area contributed by atoms with Crippen molar-refractivity contribution in [3.8, 4) is 24.7 Å². The van der Waals surface area contributed by atoms with E-state index in [0.717, 1.165) is 0 Å². The monoisotopic (exact) mass is 150 g/mol. The summed E-state index contributed by atoms with van der Waals surface area (Å²) in [7, 11) is 0. The minimum atomic E-state index is 0.152. The molecule has 1 heteroatoms. The summed E-state index contributed by atoms with van der Waals surface area (Å²) in [6.45, 7) is 7.81. The van der Waals surface area contributed by atoms with Gasteiger partial charge in [-0.3, -0.25) is 0 Å². The van der Waals surface area contributed by atoms with Crippen LogP contribution in [0.5, 0.6) is 0 Å². The molecule has 0 aliphatic rings. The maximum atomic E-state index is 5.22. The van der Waals surface area contributed by atoms with Gasteiger partial charge in [-0.05, 0) is 32.6 Å². The van der Waals surface area contributed by atoms with Crippen molar-refractivity contribution < 1.29 is 4.90 Å². The molecule has 0 fully saturated rings. The van der Waals surface area contributed by atoms with Gasteiger partial charge in [-0.1, -0.05) is 0 Å². The second-order valence-corrected chi connectivity index (χ2v) is 3.62. The molecule has 0 spiro atoms. The van der Waals surface area contributed by atoms with Crippen molar-refractivity contribution in [1.82, 2.24) is 0 Å². The van der Waals surface area contributed by atoms with Crippen LogP contribution < -0.4 is 4.90 Å². The number of rotatable bonds is 2. The second kappa shape index (κ2) is 4.06. The van der Waals surface area contributed by atoms with Gasteiger partial charge in [0.1, 0.15) is 13.1 Å². The largest absolute Gasteiger partial charge is 0.311 e. The molecule has 0 amide bonds. The number of hydrogen-bond acceptors (Lipinski definition) is 0. The first-order valence-electron chi connectivity index (χ1n) is 3.74. The molecule has 60 valence electrons. The van der Waals surface area contributed by atoms with Crippen LogP contribution >= 0.6 is 0 Å². The molecule has 0 atom stereocenters. The summed E-state index contributed by atoms with van der Waals surface area (Å²) in [5.74, 6) is 5.25. The van der Waals surface area contributed by atoms with Gasteiger partial charge in [-0.2, -0.15) is 0 Å². The number of hydrogen-bond donors (Lipinski definition) is 1.